The lowest BCUT2D eigenvalue weighted by Crippen LogP contribution is -2.27. The van der Waals surface area contributed by atoms with Gasteiger partial charge in [0.05, 0.1) is 6.42 Å². The van der Waals surface area contributed by atoms with Gasteiger partial charge < -0.3 is 4.79 Å². The van der Waals surface area contributed by atoms with Crippen LogP contribution in [-0.2, 0) is 9.59 Å². The number of hydrogen-bond acceptors (Lipinski definition) is 2. The van der Waals surface area contributed by atoms with Gasteiger partial charge in [-0.05, 0) is 0 Å². The van der Waals surface area contributed by atoms with Gasteiger partial charge in [-0.1, -0.05) is 6.92 Å². The van der Waals surface area contributed by atoms with E-state index in [1.54, 1.807) is 0 Å². The Balaban J connectivity index is 4.03. The standard InChI is InChI=1S/C6H8F2O2/c1-2-6(7,8)5(10)3-4-9/h4H,2-3H2,1H3. The van der Waals surface area contributed by atoms with E-state index in [2.05, 4.69) is 0 Å². The van der Waals surface area contributed by atoms with Crippen LogP contribution in [0.1, 0.15) is 19.8 Å². The number of hydrogen-bond donors (Lipinski definition) is 0. The monoisotopic (exact) mass is 150 g/mol. The number of halogens is 2. The Hall–Kier alpha value is -0.800. The Labute approximate surface area is 57.2 Å². The third-order valence-corrected chi connectivity index (χ3v) is 1.12. The molecule has 0 fully saturated rings. The van der Waals surface area contributed by atoms with Gasteiger partial charge >= 0.3 is 5.92 Å². The van der Waals surface area contributed by atoms with E-state index in [0.29, 0.717) is 0 Å². The molecule has 10 heavy (non-hydrogen) atoms. The Kier molecular flexibility index (Phi) is 3.12. The summed E-state index contributed by atoms with van der Waals surface area (Å²) >= 11 is 0. The molecule has 0 aliphatic carbocycles. The van der Waals surface area contributed by atoms with E-state index in [1.807, 2.05) is 0 Å². The lowest BCUT2D eigenvalue weighted by molar-refractivity contribution is -0.144. The summed E-state index contributed by atoms with van der Waals surface area (Å²) in [5, 5.41) is 0. The Morgan fingerprint density at radius 1 is 1.60 bits per heavy atom. The van der Waals surface area contributed by atoms with Crippen molar-refractivity contribution in [2.45, 2.75) is 25.7 Å². The third kappa shape index (κ3) is 2.21. The summed E-state index contributed by atoms with van der Waals surface area (Å²) in [7, 11) is 0. The van der Waals surface area contributed by atoms with Crippen LogP contribution in [0.5, 0.6) is 0 Å². The second-order valence-corrected chi connectivity index (χ2v) is 1.85. The van der Waals surface area contributed by atoms with Crippen molar-refractivity contribution in [2.75, 3.05) is 0 Å². The van der Waals surface area contributed by atoms with Gasteiger partial charge in [-0.15, -0.1) is 0 Å². The number of ketones is 1. The summed E-state index contributed by atoms with van der Waals surface area (Å²) in [4.78, 5) is 19.9. The first-order chi connectivity index (χ1) is 4.54. The minimum Gasteiger partial charge on any atom is -0.303 e. The maximum absolute atomic E-state index is 12.2. The van der Waals surface area contributed by atoms with Gasteiger partial charge in [0.1, 0.15) is 6.29 Å². The van der Waals surface area contributed by atoms with E-state index >= 15 is 0 Å². The topological polar surface area (TPSA) is 34.1 Å². The van der Waals surface area contributed by atoms with E-state index in [1.165, 1.54) is 6.92 Å². The quantitative estimate of drug-likeness (QED) is 0.445. The zero-order valence-corrected chi connectivity index (χ0v) is 5.56. The minimum absolute atomic E-state index is 0.186. The molecule has 0 saturated heterocycles. The summed E-state index contributed by atoms with van der Waals surface area (Å²) in [6.45, 7) is 1.20. The fourth-order valence-electron chi connectivity index (χ4n) is 0.422. The zero-order valence-electron chi connectivity index (χ0n) is 5.56. The Morgan fingerprint density at radius 3 is 2.40 bits per heavy atom. The molecule has 0 rings (SSSR count). The molecule has 0 unspecified atom stereocenters. The maximum atomic E-state index is 12.2. The van der Waals surface area contributed by atoms with E-state index in [9.17, 15) is 18.4 Å². The van der Waals surface area contributed by atoms with Crippen molar-refractivity contribution >= 4 is 12.1 Å². The molecule has 0 N–H and O–H groups in total. The minimum atomic E-state index is -3.32. The number of carbonyl (C=O) groups excluding carboxylic acids is 2. The van der Waals surface area contributed by atoms with Crippen LogP contribution in [-0.4, -0.2) is 18.0 Å². The number of aldehydes is 1. The molecule has 0 aliphatic rings. The lowest BCUT2D eigenvalue weighted by Gasteiger charge is -2.09. The largest absolute Gasteiger partial charge is 0.305 e. The van der Waals surface area contributed by atoms with Crippen molar-refractivity contribution in [1.29, 1.82) is 0 Å². The van der Waals surface area contributed by atoms with Crippen LogP contribution in [0.2, 0.25) is 0 Å². The highest BCUT2D eigenvalue weighted by Gasteiger charge is 2.34. The molecule has 0 aromatic heterocycles. The molecule has 0 aliphatic heterocycles. The van der Waals surface area contributed by atoms with Gasteiger partial charge in [0, 0.05) is 6.42 Å². The summed E-state index contributed by atoms with van der Waals surface area (Å²) < 4.78 is 24.4. The molecule has 0 saturated carbocycles. The van der Waals surface area contributed by atoms with Crippen molar-refractivity contribution < 1.29 is 18.4 Å². The van der Waals surface area contributed by atoms with Gasteiger partial charge in [0.2, 0.25) is 5.78 Å². The van der Waals surface area contributed by atoms with Gasteiger partial charge in [-0.3, -0.25) is 4.79 Å². The fourth-order valence-corrected chi connectivity index (χ4v) is 0.422. The molecule has 0 spiro atoms. The van der Waals surface area contributed by atoms with Crippen molar-refractivity contribution in [3.05, 3.63) is 0 Å². The normalized spacial score (nSPS) is 11.1. The fraction of sp³-hybridized carbons (Fsp3) is 0.667. The first kappa shape index (κ1) is 9.20. The van der Waals surface area contributed by atoms with Crippen LogP contribution in [0.3, 0.4) is 0 Å². The molecule has 0 radical (unpaired) electrons. The molecule has 4 heteroatoms. The third-order valence-electron chi connectivity index (χ3n) is 1.12. The molecule has 2 nitrogen and oxygen atoms in total. The van der Waals surface area contributed by atoms with E-state index in [4.69, 9.17) is 0 Å². The number of rotatable bonds is 4. The molecular formula is C6H8F2O2. The molecule has 58 valence electrons. The second-order valence-electron chi connectivity index (χ2n) is 1.85. The lowest BCUT2D eigenvalue weighted by atomic mass is 10.1. The smallest absolute Gasteiger partial charge is 0.303 e. The van der Waals surface area contributed by atoms with Crippen LogP contribution in [0.25, 0.3) is 0 Å². The molecule has 0 heterocycles. The van der Waals surface area contributed by atoms with Gasteiger partial charge in [-0.2, -0.15) is 8.78 Å². The highest BCUT2D eigenvalue weighted by molar-refractivity contribution is 5.94. The van der Waals surface area contributed by atoms with E-state index in [-0.39, 0.29) is 6.29 Å². The highest BCUT2D eigenvalue weighted by atomic mass is 19.3. The molecule has 0 atom stereocenters. The average Bonchev–Trinajstić information content (AvgIpc) is 1.89. The average molecular weight is 150 g/mol. The maximum Gasteiger partial charge on any atom is 0.305 e. The van der Waals surface area contributed by atoms with Crippen LogP contribution in [0, 0.1) is 0 Å². The van der Waals surface area contributed by atoms with Crippen molar-refractivity contribution in [2.24, 2.45) is 0 Å². The predicted octanol–water partition coefficient (Wildman–Crippen LogP) is 1.19. The summed E-state index contributed by atoms with van der Waals surface area (Å²) in [5.74, 6) is -4.62. The second kappa shape index (κ2) is 3.39. The van der Waals surface area contributed by atoms with Crippen molar-refractivity contribution in [3.63, 3.8) is 0 Å². The number of carbonyl (C=O) groups is 2. The van der Waals surface area contributed by atoms with Crippen molar-refractivity contribution in [1.82, 2.24) is 0 Å². The first-order valence-electron chi connectivity index (χ1n) is 2.89. The van der Waals surface area contributed by atoms with Crippen LogP contribution < -0.4 is 0 Å². The summed E-state index contributed by atoms with van der Waals surface area (Å²) in [6, 6.07) is 0. The molecule has 0 aromatic carbocycles. The SMILES string of the molecule is CCC(F)(F)C(=O)CC=O. The van der Waals surface area contributed by atoms with E-state index in [0.717, 1.165) is 0 Å². The summed E-state index contributed by atoms with van der Waals surface area (Å²) in [5.41, 5.74) is 0. The summed E-state index contributed by atoms with van der Waals surface area (Å²) in [6.07, 6.45) is -1.05. The number of Topliss-reactive ketones (excluding diaryl/α,β-unsaturated/α-hetero) is 1. The molecule has 0 bridgehead atoms. The predicted molar refractivity (Wildman–Crippen MR) is 30.9 cm³/mol. The van der Waals surface area contributed by atoms with E-state index < -0.39 is 24.5 Å². The highest BCUT2D eigenvalue weighted by Crippen LogP contribution is 2.19. The van der Waals surface area contributed by atoms with Crippen LogP contribution >= 0.6 is 0 Å². The van der Waals surface area contributed by atoms with Gasteiger partial charge in [0.15, 0.2) is 0 Å². The van der Waals surface area contributed by atoms with Crippen molar-refractivity contribution in [3.8, 4) is 0 Å². The van der Waals surface area contributed by atoms with Gasteiger partial charge in [0.25, 0.3) is 0 Å². The molecule has 0 aromatic rings. The first-order valence-corrected chi connectivity index (χ1v) is 2.89. The molecule has 0 amide bonds. The number of alkyl halides is 2. The zero-order chi connectivity index (χ0) is 8.20. The Morgan fingerprint density at radius 2 is 2.10 bits per heavy atom. The Bertz CT molecular complexity index is 143. The van der Waals surface area contributed by atoms with Crippen LogP contribution in [0.4, 0.5) is 8.78 Å². The van der Waals surface area contributed by atoms with Gasteiger partial charge in [-0.25, -0.2) is 0 Å². The molecular weight excluding hydrogens is 142 g/mol. The van der Waals surface area contributed by atoms with Crippen LogP contribution in [0.15, 0.2) is 0 Å².